The van der Waals surface area contributed by atoms with E-state index >= 15 is 0 Å². The Hall–Kier alpha value is -2.71. The maximum Gasteiger partial charge on any atom is 0.337 e. The summed E-state index contributed by atoms with van der Waals surface area (Å²) in [6.07, 6.45) is -0.942. The third-order valence-electron chi connectivity index (χ3n) is 3.63. The molecule has 2 aromatic rings. The van der Waals surface area contributed by atoms with E-state index in [1.54, 1.807) is 24.3 Å². The van der Waals surface area contributed by atoms with Crippen molar-refractivity contribution in [2.24, 2.45) is 0 Å². The summed E-state index contributed by atoms with van der Waals surface area (Å²) in [5.74, 6) is -1.42. The predicted molar refractivity (Wildman–Crippen MR) is 101 cm³/mol. The van der Waals surface area contributed by atoms with Gasteiger partial charge in [0.25, 0.3) is 10.1 Å². The van der Waals surface area contributed by atoms with Crippen LogP contribution in [0.25, 0.3) is 0 Å². The Labute approximate surface area is 164 Å². The lowest BCUT2D eigenvalue weighted by Gasteiger charge is -2.15. The maximum absolute atomic E-state index is 12.2. The Kier molecular flexibility index (Phi) is 8.16. The zero-order chi connectivity index (χ0) is 20.4. The molecule has 0 unspecified atom stereocenters. The monoisotopic (exact) mass is 406 g/mol. The van der Waals surface area contributed by atoms with Crippen LogP contribution in [0.1, 0.15) is 24.0 Å². The van der Waals surface area contributed by atoms with Crippen LogP contribution in [-0.4, -0.2) is 32.7 Å². The van der Waals surface area contributed by atoms with Crippen molar-refractivity contribution in [3.8, 4) is 0 Å². The lowest BCUT2D eigenvalue weighted by atomic mass is 10.2. The number of hydrogen-bond acceptors (Lipinski definition) is 7. The van der Waals surface area contributed by atoms with E-state index in [0.717, 1.165) is 17.4 Å². The highest BCUT2D eigenvalue weighted by Crippen LogP contribution is 2.12. The minimum atomic E-state index is -3.91. The van der Waals surface area contributed by atoms with Crippen molar-refractivity contribution in [1.29, 1.82) is 0 Å². The van der Waals surface area contributed by atoms with E-state index in [2.05, 4.69) is 0 Å². The van der Waals surface area contributed by atoms with Gasteiger partial charge in [0.1, 0.15) is 13.2 Å². The van der Waals surface area contributed by atoms with Gasteiger partial charge in [-0.3, -0.25) is 8.98 Å². The molecule has 0 saturated carbocycles. The average Bonchev–Trinajstić information content (AvgIpc) is 2.68. The average molecular weight is 406 g/mol. The molecule has 0 fully saturated rings. The van der Waals surface area contributed by atoms with Crippen molar-refractivity contribution in [2.45, 2.75) is 32.2 Å². The van der Waals surface area contributed by atoms with Crippen molar-refractivity contribution in [2.75, 3.05) is 6.26 Å². The van der Waals surface area contributed by atoms with Crippen LogP contribution in [0.5, 0.6) is 0 Å². The SMILES string of the molecule is CS(=O)(=O)O[C@@H](CCC(=O)OCc1ccccc1)C(=O)OCc1ccccc1. The quantitative estimate of drug-likeness (QED) is 0.442. The second-order valence-corrected chi connectivity index (χ2v) is 7.67. The fourth-order valence-corrected chi connectivity index (χ4v) is 2.89. The molecule has 0 bridgehead atoms. The number of hydrogen-bond donors (Lipinski definition) is 0. The minimum absolute atomic E-state index is 0.0260. The second kappa shape index (κ2) is 10.6. The third kappa shape index (κ3) is 8.32. The van der Waals surface area contributed by atoms with Crippen molar-refractivity contribution in [3.63, 3.8) is 0 Å². The molecule has 2 rings (SSSR count). The van der Waals surface area contributed by atoms with Crippen molar-refractivity contribution in [3.05, 3.63) is 71.8 Å². The Morgan fingerprint density at radius 2 is 1.36 bits per heavy atom. The van der Waals surface area contributed by atoms with Gasteiger partial charge >= 0.3 is 11.9 Å². The lowest BCUT2D eigenvalue weighted by Crippen LogP contribution is -2.29. The molecule has 0 N–H and O–H groups in total. The van der Waals surface area contributed by atoms with Gasteiger partial charge in [-0.15, -0.1) is 0 Å². The molecule has 0 heterocycles. The lowest BCUT2D eigenvalue weighted by molar-refractivity contribution is -0.154. The summed E-state index contributed by atoms with van der Waals surface area (Å²) in [6.45, 7) is 0.0669. The van der Waals surface area contributed by atoms with Crippen LogP contribution in [0.4, 0.5) is 0 Å². The normalized spacial score (nSPS) is 12.2. The molecule has 0 spiro atoms. The first-order valence-corrected chi connectivity index (χ1v) is 10.4. The van der Waals surface area contributed by atoms with Gasteiger partial charge in [0.05, 0.1) is 6.26 Å². The molecule has 0 radical (unpaired) electrons. The Morgan fingerprint density at radius 3 is 1.86 bits per heavy atom. The molecule has 0 aliphatic heterocycles. The maximum atomic E-state index is 12.2. The first-order chi connectivity index (χ1) is 13.3. The summed E-state index contributed by atoms with van der Waals surface area (Å²) in [5.41, 5.74) is 1.57. The van der Waals surface area contributed by atoms with Gasteiger partial charge in [0, 0.05) is 6.42 Å². The predicted octanol–water partition coefficient (Wildman–Crippen LogP) is 2.60. The summed E-state index contributed by atoms with van der Waals surface area (Å²) < 4.78 is 37.9. The second-order valence-electron chi connectivity index (χ2n) is 6.07. The third-order valence-corrected chi connectivity index (χ3v) is 4.21. The number of rotatable bonds is 10. The zero-order valence-electron chi connectivity index (χ0n) is 15.4. The molecule has 0 aliphatic rings. The largest absolute Gasteiger partial charge is 0.461 e. The van der Waals surface area contributed by atoms with E-state index in [1.807, 2.05) is 36.4 Å². The van der Waals surface area contributed by atoms with Crippen LogP contribution in [0.2, 0.25) is 0 Å². The Morgan fingerprint density at radius 1 is 0.857 bits per heavy atom. The molecule has 7 nitrogen and oxygen atoms in total. The number of carbonyl (C=O) groups excluding carboxylic acids is 2. The molecule has 1 atom stereocenters. The fourth-order valence-electron chi connectivity index (χ4n) is 2.30. The smallest absolute Gasteiger partial charge is 0.337 e. The highest BCUT2D eigenvalue weighted by atomic mass is 32.2. The molecule has 0 aromatic heterocycles. The van der Waals surface area contributed by atoms with Gasteiger partial charge in [-0.05, 0) is 17.5 Å². The van der Waals surface area contributed by atoms with E-state index in [-0.39, 0.29) is 26.1 Å². The standard InChI is InChI=1S/C20H22O7S/c1-28(23,24)27-18(20(22)26-15-17-10-6-3-7-11-17)12-13-19(21)25-14-16-8-4-2-5-9-16/h2-11,18H,12-15H2,1H3/t18-/m0/s1. The van der Waals surface area contributed by atoms with E-state index in [0.29, 0.717) is 0 Å². The first-order valence-electron chi connectivity index (χ1n) is 8.62. The molecule has 0 amide bonds. The Bertz CT molecular complexity index is 864. The highest BCUT2D eigenvalue weighted by molar-refractivity contribution is 7.86. The van der Waals surface area contributed by atoms with Gasteiger partial charge < -0.3 is 9.47 Å². The molecular weight excluding hydrogens is 384 g/mol. The number of ether oxygens (including phenoxy) is 2. The van der Waals surface area contributed by atoms with Gasteiger partial charge in [0.2, 0.25) is 0 Å². The van der Waals surface area contributed by atoms with Gasteiger partial charge in [-0.25, -0.2) is 4.79 Å². The zero-order valence-corrected chi connectivity index (χ0v) is 16.3. The molecule has 8 heteroatoms. The summed E-state index contributed by atoms with van der Waals surface area (Å²) in [7, 11) is -3.91. The van der Waals surface area contributed by atoms with E-state index in [4.69, 9.17) is 13.7 Å². The van der Waals surface area contributed by atoms with E-state index < -0.39 is 28.2 Å². The van der Waals surface area contributed by atoms with Crippen LogP contribution in [-0.2, 0) is 46.6 Å². The summed E-state index contributed by atoms with van der Waals surface area (Å²) >= 11 is 0. The van der Waals surface area contributed by atoms with E-state index in [1.165, 1.54) is 0 Å². The fraction of sp³-hybridized carbons (Fsp3) is 0.300. The van der Waals surface area contributed by atoms with Crippen LogP contribution in [0.3, 0.4) is 0 Å². The van der Waals surface area contributed by atoms with Gasteiger partial charge in [-0.1, -0.05) is 60.7 Å². The van der Waals surface area contributed by atoms with Crippen LogP contribution in [0.15, 0.2) is 60.7 Å². The molecule has 150 valence electrons. The van der Waals surface area contributed by atoms with Crippen LogP contribution >= 0.6 is 0 Å². The van der Waals surface area contributed by atoms with E-state index in [9.17, 15) is 18.0 Å². The molecule has 28 heavy (non-hydrogen) atoms. The molecule has 2 aromatic carbocycles. The van der Waals surface area contributed by atoms with Crippen molar-refractivity contribution >= 4 is 22.1 Å². The van der Waals surface area contributed by atoms with Crippen LogP contribution in [0, 0.1) is 0 Å². The molecule has 0 saturated heterocycles. The summed E-state index contributed by atoms with van der Waals surface area (Å²) in [4.78, 5) is 24.1. The minimum Gasteiger partial charge on any atom is -0.461 e. The van der Waals surface area contributed by atoms with Crippen molar-refractivity contribution in [1.82, 2.24) is 0 Å². The first kappa shape index (κ1) is 21.6. The van der Waals surface area contributed by atoms with Crippen molar-refractivity contribution < 1.29 is 31.7 Å². The summed E-state index contributed by atoms with van der Waals surface area (Å²) in [5, 5.41) is 0. The number of carbonyl (C=O) groups is 2. The molecular formula is C20H22O7S. The van der Waals surface area contributed by atoms with Gasteiger partial charge in [-0.2, -0.15) is 8.42 Å². The van der Waals surface area contributed by atoms with Gasteiger partial charge in [0.15, 0.2) is 6.10 Å². The Balaban J connectivity index is 1.87. The van der Waals surface area contributed by atoms with Crippen LogP contribution < -0.4 is 0 Å². The number of esters is 2. The number of benzene rings is 2. The topological polar surface area (TPSA) is 96.0 Å². The summed E-state index contributed by atoms with van der Waals surface area (Å²) in [6, 6.07) is 18.0. The molecule has 0 aliphatic carbocycles. The highest BCUT2D eigenvalue weighted by Gasteiger charge is 2.26.